The number of carbonyl (C=O) groups is 1. The first-order valence-corrected chi connectivity index (χ1v) is 6.25. The number of methoxy groups -OCH3 is 1. The Bertz CT molecular complexity index is 483. The molecule has 0 aromatic heterocycles. The SMILES string of the molecule is COC(=O)CCC1=CC=C(c2ccccc2)C1C. The zero-order chi connectivity index (χ0) is 13.0. The molecule has 1 aliphatic rings. The lowest BCUT2D eigenvalue weighted by Gasteiger charge is -2.14. The van der Waals surface area contributed by atoms with E-state index in [0.29, 0.717) is 12.3 Å². The predicted octanol–water partition coefficient (Wildman–Crippen LogP) is 3.60. The summed E-state index contributed by atoms with van der Waals surface area (Å²) in [4.78, 5) is 11.2. The molecule has 2 heteroatoms. The number of esters is 1. The minimum atomic E-state index is -0.142. The molecule has 18 heavy (non-hydrogen) atoms. The largest absolute Gasteiger partial charge is 0.469 e. The first kappa shape index (κ1) is 12.6. The Kier molecular flexibility index (Phi) is 3.98. The van der Waals surface area contributed by atoms with E-state index < -0.39 is 0 Å². The summed E-state index contributed by atoms with van der Waals surface area (Å²) in [5.41, 5.74) is 3.89. The van der Waals surface area contributed by atoms with Crippen LogP contribution in [0.3, 0.4) is 0 Å². The van der Waals surface area contributed by atoms with Crippen LogP contribution in [0, 0.1) is 5.92 Å². The Labute approximate surface area is 108 Å². The van der Waals surface area contributed by atoms with Crippen molar-refractivity contribution in [3.63, 3.8) is 0 Å². The first-order chi connectivity index (χ1) is 8.72. The summed E-state index contributed by atoms with van der Waals surface area (Å²) in [6, 6.07) is 10.4. The molecule has 0 spiro atoms. The fraction of sp³-hybridized carbons (Fsp3) is 0.312. The van der Waals surface area contributed by atoms with Crippen LogP contribution in [0.2, 0.25) is 0 Å². The van der Waals surface area contributed by atoms with E-state index in [1.165, 1.54) is 23.8 Å². The van der Waals surface area contributed by atoms with E-state index in [1.54, 1.807) is 0 Å². The van der Waals surface area contributed by atoms with Crippen molar-refractivity contribution in [2.75, 3.05) is 7.11 Å². The summed E-state index contributed by atoms with van der Waals surface area (Å²) in [6.07, 6.45) is 5.53. The topological polar surface area (TPSA) is 26.3 Å². The monoisotopic (exact) mass is 242 g/mol. The van der Waals surface area contributed by atoms with Gasteiger partial charge in [-0.05, 0) is 17.6 Å². The minimum Gasteiger partial charge on any atom is -0.469 e. The van der Waals surface area contributed by atoms with Crippen molar-refractivity contribution in [1.29, 1.82) is 0 Å². The maximum Gasteiger partial charge on any atom is 0.305 e. The quantitative estimate of drug-likeness (QED) is 0.754. The van der Waals surface area contributed by atoms with E-state index in [-0.39, 0.29) is 5.97 Å². The highest BCUT2D eigenvalue weighted by molar-refractivity contribution is 5.75. The molecule has 2 nitrogen and oxygen atoms in total. The van der Waals surface area contributed by atoms with E-state index in [0.717, 1.165) is 6.42 Å². The van der Waals surface area contributed by atoms with Crippen LogP contribution in [0.25, 0.3) is 5.57 Å². The lowest BCUT2D eigenvalue weighted by Crippen LogP contribution is -2.04. The molecule has 1 atom stereocenters. The summed E-state index contributed by atoms with van der Waals surface area (Å²) < 4.78 is 4.67. The summed E-state index contributed by atoms with van der Waals surface area (Å²) in [5, 5.41) is 0. The maximum absolute atomic E-state index is 11.2. The number of rotatable bonds is 4. The smallest absolute Gasteiger partial charge is 0.305 e. The zero-order valence-electron chi connectivity index (χ0n) is 10.8. The predicted molar refractivity (Wildman–Crippen MR) is 72.9 cm³/mol. The molecule has 0 fully saturated rings. The number of carbonyl (C=O) groups excluding carboxylic acids is 1. The first-order valence-electron chi connectivity index (χ1n) is 6.25. The highest BCUT2D eigenvalue weighted by Gasteiger charge is 2.20. The van der Waals surface area contributed by atoms with Crippen molar-refractivity contribution in [2.24, 2.45) is 5.92 Å². The molecule has 1 aromatic carbocycles. The molecule has 0 aliphatic heterocycles. The second kappa shape index (κ2) is 5.67. The van der Waals surface area contributed by atoms with Gasteiger partial charge in [0.1, 0.15) is 0 Å². The van der Waals surface area contributed by atoms with Gasteiger partial charge in [-0.1, -0.05) is 55.0 Å². The second-order valence-electron chi connectivity index (χ2n) is 4.53. The van der Waals surface area contributed by atoms with Gasteiger partial charge in [-0.3, -0.25) is 4.79 Å². The molecule has 0 bridgehead atoms. The van der Waals surface area contributed by atoms with Crippen molar-refractivity contribution in [3.05, 3.63) is 53.6 Å². The van der Waals surface area contributed by atoms with E-state index in [4.69, 9.17) is 0 Å². The minimum absolute atomic E-state index is 0.142. The van der Waals surface area contributed by atoms with Gasteiger partial charge in [0.15, 0.2) is 0 Å². The van der Waals surface area contributed by atoms with Gasteiger partial charge < -0.3 is 4.74 Å². The molecule has 2 rings (SSSR count). The Hall–Kier alpha value is -1.83. The standard InChI is InChI=1S/C16H18O2/c1-12-13(9-11-16(17)18-2)8-10-15(12)14-6-4-3-5-7-14/h3-8,10,12H,9,11H2,1-2H3. The maximum atomic E-state index is 11.2. The van der Waals surface area contributed by atoms with E-state index in [2.05, 4.69) is 48.1 Å². The average molecular weight is 242 g/mol. The van der Waals surface area contributed by atoms with Crippen LogP contribution in [-0.2, 0) is 9.53 Å². The molecule has 1 aromatic rings. The Morgan fingerprint density at radius 2 is 1.94 bits per heavy atom. The van der Waals surface area contributed by atoms with Gasteiger partial charge in [-0.15, -0.1) is 0 Å². The lowest BCUT2D eigenvalue weighted by atomic mass is 9.90. The Balaban J connectivity index is 1.99. The van der Waals surface area contributed by atoms with Crippen LogP contribution in [0.15, 0.2) is 48.1 Å². The van der Waals surface area contributed by atoms with E-state index in [1.807, 2.05) is 6.07 Å². The van der Waals surface area contributed by atoms with Gasteiger partial charge in [0.25, 0.3) is 0 Å². The molecule has 0 amide bonds. The van der Waals surface area contributed by atoms with Gasteiger partial charge in [-0.2, -0.15) is 0 Å². The summed E-state index contributed by atoms with van der Waals surface area (Å²) >= 11 is 0. The number of hydrogen-bond donors (Lipinski definition) is 0. The molecule has 94 valence electrons. The molecule has 0 heterocycles. The van der Waals surface area contributed by atoms with Crippen LogP contribution in [-0.4, -0.2) is 13.1 Å². The third kappa shape index (κ3) is 2.70. The molecule has 0 saturated heterocycles. The van der Waals surface area contributed by atoms with Gasteiger partial charge >= 0.3 is 5.97 Å². The molecule has 0 N–H and O–H groups in total. The fourth-order valence-corrected chi connectivity index (χ4v) is 2.31. The van der Waals surface area contributed by atoms with Crippen LogP contribution >= 0.6 is 0 Å². The highest BCUT2D eigenvalue weighted by Crippen LogP contribution is 2.35. The highest BCUT2D eigenvalue weighted by atomic mass is 16.5. The van der Waals surface area contributed by atoms with Gasteiger partial charge in [-0.25, -0.2) is 0 Å². The van der Waals surface area contributed by atoms with Crippen molar-refractivity contribution in [1.82, 2.24) is 0 Å². The Morgan fingerprint density at radius 3 is 2.61 bits per heavy atom. The average Bonchev–Trinajstić information content (AvgIpc) is 2.78. The Morgan fingerprint density at radius 1 is 1.22 bits per heavy atom. The normalized spacial score (nSPS) is 18.2. The van der Waals surface area contributed by atoms with Crippen molar-refractivity contribution >= 4 is 11.5 Å². The van der Waals surface area contributed by atoms with Crippen LogP contribution in [0.1, 0.15) is 25.3 Å². The number of benzene rings is 1. The number of ether oxygens (including phenoxy) is 1. The number of hydrogen-bond acceptors (Lipinski definition) is 2. The third-order valence-electron chi connectivity index (χ3n) is 3.45. The van der Waals surface area contributed by atoms with Crippen molar-refractivity contribution < 1.29 is 9.53 Å². The van der Waals surface area contributed by atoms with Crippen LogP contribution in [0.4, 0.5) is 0 Å². The second-order valence-corrected chi connectivity index (χ2v) is 4.53. The van der Waals surface area contributed by atoms with Gasteiger partial charge in [0, 0.05) is 12.3 Å². The molecule has 0 radical (unpaired) electrons. The van der Waals surface area contributed by atoms with E-state index >= 15 is 0 Å². The van der Waals surface area contributed by atoms with Gasteiger partial charge in [0.05, 0.1) is 7.11 Å². The van der Waals surface area contributed by atoms with Gasteiger partial charge in [0.2, 0.25) is 0 Å². The zero-order valence-corrected chi connectivity index (χ0v) is 10.8. The molecular weight excluding hydrogens is 224 g/mol. The summed E-state index contributed by atoms with van der Waals surface area (Å²) in [6.45, 7) is 2.19. The molecule has 0 saturated carbocycles. The third-order valence-corrected chi connectivity index (χ3v) is 3.45. The van der Waals surface area contributed by atoms with Crippen molar-refractivity contribution in [3.8, 4) is 0 Å². The fourth-order valence-electron chi connectivity index (χ4n) is 2.31. The lowest BCUT2D eigenvalue weighted by molar-refractivity contribution is -0.140. The molecule has 1 aliphatic carbocycles. The molecular formula is C16H18O2. The summed E-state index contributed by atoms with van der Waals surface area (Å²) in [7, 11) is 1.43. The van der Waals surface area contributed by atoms with Crippen LogP contribution < -0.4 is 0 Å². The number of allylic oxidation sites excluding steroid dienone is 4. The van der Waals surface area contributed by atoms with Crippen LogP contribution in [0.5, 0.6) is 0 Å². The summed E-state index contributed by atoms with van der Waals surface area (Å²) in [5.74, 6) is 0.244. The van der Waals surface area contributed by atoms with Crippen molar-refractivity contribution in [2.45, 2.75) is 19.8 Å². The van der Waals surface area contributed by atoms with E-state index in [9.17, 15) is 4.79 Å². The molecule has 1 unspecified atom stereocenters.